The molecule has 2 aliphatic rings. The van der Waals surface area contributed by atoms with Crippen LogP contribution in [-0.2, 0) is 6.42 Å². The predicted octanol–water partition coefficient (Wildman–Crippen LogP) is 4.87. The van der Waals surface area contributed by atoms with Crippen molar-refractivity contribution in [2.75, 3.05) is 5.73 Å². The van der Waals surface area contributed by atoms with Crippen LogP contribution in [-0.4, -0.2) is 22.3 Å². The Labute approximate surface area is 182 Å². The minimum absolute atomic E-state index is 0.0105. The number of furan rings is 1. The maximum Gasteiger partial charge on any atom is 0.161 e. The van der Waals surface area contributed by atoms with E-state index >= 15 is 0 Å². The zero-order chi connectivity index (χ0) is 22.2. The highest BCUT2D eigenvalue weighted by Crippen LogP contribution is 2.31. The Morgan fingerprint density at radius 2 is 1.88 bits per heavy atom. The van der Waals surface area contributed by atoms with E-state index in [9.17, 15) is 8.78 Å². The summed E-state index contributed by atoms with van der Waals surface area (Å²) in [6, 6.07) is 14.5. The van der Waals surface area contributed by atoms with Crippen LogP contribution in [0.4, 0.5) is 14.5 Å². The third-order valence-corrected chi connectivity index (χ3v) is 5.15. The first kappa shape index (κ1) is 19.6. The Hall–Kier alpha value is -4.33. The molecular weight excluding hydrogens is 412 g/mol. The van der Waals surface area contributed by atoms with Crippen molar-refractivity contribution < 1.29 is 13.2 Å². The van der Waals surface area contributed by atoms with Gasteiger partial charge in [0.15, 0.2) is 17.5 Å². The van der Waals surface area contributed by atoms with Gasteiger partial charge in [0.1, 0.15) is 17.3 Å². The number of hydrogen-bond donors (Lipinski definition) is 2. The average molecular weight is 429 g/mol. The van der Waals surface area contributed by atoms with Crippen molar-refractivity contribution in [2.45, 2.75) is 6.42 Å². The van der Waals surface area contributed by atoms with Crippen LogP contribution >= 0.6 is 0 Å². The quantitative estimate of drug-likeness (QED) is 0.580. The van der Waals surface area contributed by atoms with Crippen LogP contribution in [0.1, 0.15) is 16.9 Å². The molecule has 0 unspecified atom stereocenters. The Kier molecular flexibility index (Phi) is 4.74. The highest BCUT2D eigenvalue weighted by atomic mass is 19.1. The molecule has 0 fully saturated rings. The molecule has 3 heterocycles. The lowest BCUT2D eigenvalue weighted by molar-refractivity contribution is 0.556. The van der Waals surface area contributed by atoms with Crippen molar-refractivity contribution in [3.8, 4) is 0 Å². The minimum atomic E-state index is -0.606. The number of rotatable bonds is 4. The average Bonchev–Trinajstić information content (AvgIpc) is 3.41. The molecule has 0 spiro atoms. The number of anilines is 1. The van der Waals surface area contributed by atoms with Crippen molar-refractivity contribution >= 4 is 34.8 Å². The molecule has 0 amide bonds. The van der Waals surface area contributed by atoms with Gasteiger partial charge in [-0.1, -0.05) is 24.3 Å². The molecule has 0 atom stereocenters. The number of amidine groups is 2. The van der Waals surface area contributed by atoms with Crippen molar-refractivity contribution in [3.05, 3.63) is 101 Å². The summed E-state index contributed by atoms with van der Waals surface area (Å²) in [6.45, 7) is 0. The lowest BCUT2D eigenvalue weighted by Gasteiger charge is -2.23. The molecule has 0 aliphatic carbocycles. The number of aliphatic imine (C=N–C) groups is 2. The van der Waals surface area contributed by atoms with E-state index in [2.05, 4.69) is 9.98 Å². The SMILES string of the molecule is N=C1/C(=C/c2ccco2)N=C2C(Cc3ccccc3F)=NC(c3cccc(N)c3F)=CN12. The molecule has 6 nitrogen and oxygen atoms in total. The highest BCUT2D eigenvalue weighted by Gasteiger charge is 2.33. The monoisotopic (exact) mass is 429 g/mol. The zero-order valence-electron chi connectivity index (χ0n) is 16.7. The van der Waals surface area contributed by atoms with Crippen LogP contribution in [0, 0.1) is 17.0 Å². The van der Waals surface area contributed by atoms with Gasteiger partial charge in [-0.3, -0.25) is 10.3 Å². The lowest BCUT2D eigenvalue weighted by atomic mass is 10.0. The van der Waals surface area contributed by atoms with Gasteiger partial charge in [-0.25, -0.2) is 18.8 Å². The van der Waals surface area contributed by atoms with Crippen molar-refractivity contribution in [1.29, 1.82) is 5.41 Å². The fourth-order valence-corrected chi connectivity index (χ4v) is 3.55. The van der Waals surface area contributed by atoms with Gasteiger partial charge in [0.2, 0.25) is 0 Å². The summed E-state index contributed by atoms with van der Waals surface area (Å²) < 4.78 is 34.5. The van der Waals surface area contributed by atoms with E-state index in [1.165, 1.54) is 29.5 Å². The van der Waals surface area contributed by atoms with Gasteiger partial charge in [-0.05, 0) is 35.9 Å². The molecule has 158 valence electrons. The van der Waals surface area contributed by atoms with E-state index in [4.69, 9.17) is 15.6 Å². The van der Waals surface area contributed by atoms with E-state index in [-0.39, 0.29) is 35.0 Å². The Morgan fingerprint density at radius 1 is 1.03 bits per heavy atom. The van der Waals surface area contributed by atoms with Crippen LogP contribution in [0.25, 0.3) is 11.8 Å². The molecule has 3 aromatic rings. The number of nitrogens with one attached hydrogen (secondary N) is 1. The number of fused-ring (bicyclic) bond motifs is 1. The normalized spacial score (nSPS) is 16.7. The number of nitrogens with zero attached hydrogens (tertiary/aromatic N) is 3. The third-order valence-electron chi connectivity index (χ3n) is 5.15. The van der Waals surface area contributed by atoms with Gasteiger partial charge in [-0.2, -0.15) is 0 Å². The molecule has 0 radical (unpaired) electrons. The molecule has 3 N–H and O–H groups in total. The number of nitrogen functional groups attached to an aromatic ring is 1. The topological polar surface area (TPSA) is 91.0 Å². The molecule has 2 aromatic carbocycles. The van der Waals surface area contributed by atoms with E-state index in [0.29, 0.717) is 28.6 Å². The zero-order valence-corrected chi connectivity index (χ0v) is 16.7. The smallest absolute Gasteiger partial charge is 0.161 e. The molecule has 8 heteroatoms. The summed E-state index contributed by atoms with van der Waals surface area (Å²) >= 11 is 0. The Morgan fingerprint density at radius 3 is 2.66 bits per heavy atom. The third kappa shape index (κ3) is 3.41. The minimum Gasteiger partial charge on any atom is -0.465 e. The second kappa shape index (κ2) is 7.73. The summed E-state index contributed by atoms with van der Waals surface area (Å²) in [6.07, 6.45) is 4.80. The van der Waals surface area contributed by atoms with Crippen molar-refractivity contribution in [1.82, 2.24) is 4.90 Å². The number of halogens is 2. The molecule has 0 bridgehead atoms. The predicted molar refractivity (Wildman–Crippen MR) is 120 cm³/mol. The maximum absolute atomic E-state index is 14.8. The molecule has 5 rings (SSSR count). The van der Waals surface area contributed by atoms with Gasteiger partial charge >= 0.3 is 0 Å². The summed E-state index contributed by atoms with van der Waals surface area (Å²) in [5, 5.41) is 8.60. The first-order chi connectivity index (χ1) is 15.5. The van der Waals surface area contributed by atoms with Gasteiger partial charge in [0.25, 0.3) is 0 Å². The molecule has 1 aromatic heterocycles. The molecular formula is C24H17F2N5O. The van der Waals surface area contributed by atoms with E-state index < -0.39 is 5.82 Å². The second-order valence-corrected chi connectivity index (χ2v) is 7.25. The van der Waals surface area contributed by atoms with Crippen LogP contribution in [0.15, 0.2) is 87.2 Å². The molecule has 2 aliphatic heterocycles. The summed E-state index contributed by atoms with van der Waals surface area (Å²) in [4.78, 5) is 10.6. The summed E-state index contributed by atoms with van der Waals surface area (Å²) in [5.74, 6) is -0.00546. The Bertz CT molecular complexity index is 1350. The summed E-state index contributed by atoms with van der Waals surface area (Å²) in [7, 11) is 0. The number of nitrogens with two attached hydrogens (primary N) is 1. The van der Waals surface area contributed by atoms with Crippen molar-refractivity contribution in [2.24, 2.45) is 9.98 Å². The fraction of sp³-hybridized carbons (Fsp3) is 0.0417. The van der Waals surface area contributed by atoms with Crippen LogP contribution in [0.3, 0.4) is 0 Å². The fourth-order valence-electron chi connectivity index (χ4n) is 3.55. The Balaban J connectivity index is 1.63. The largest absolute Gasteiger partial charge is 0.465 e. The highest BCUT2D eigenvalue weighted by molar-refractivity contribution is 6.49. The molecule has 0 saturated heterocycles. The van der Waals surface area contributed by atoms with Gasteiger partial charge in [0, 0.05) is 24.3 Å². The standard InChI is InChI=1S/C24H17F2N5O/c25-17-8-2-1-5-14(17)11-20-24-30-19(12-15-6-4-10-32-15)23(28)31(24)13-21(29-20)16-7-3-9-18(27)22(16)26/h1-10,12-13,28H,11,27H2/b19-12-,28-23?. The number of hydrogen-bond acceptors (Lipinski definition) is 5. The van der Waals surface area contributed by atoms with Gasteiger partial charge in [-0.15, -0.1) is 0 Å². The molecule has 0 saturated carbocycles. The second-order valence-electron chi connectivity index (χ2n) is 7.25. The van der Waals surface area contributed by atoms with Crippen LogP contribution in [0.2, 0.25) is 0 Å². The number of benzene rings is 2. The lowest BCUT2D eigenvalue weighted by Crippen LogP contribution is -2.36. The van der Waals surface area contributed by atoms with E-state index in [0.717, 1.165) is 0 Å². The van der Waals surface area contributed by atoms with E-state index in [1.54, 1.807) is 48.5 Å². The summed E-state index contributed by atoms with van der Waals surface area (Å²) in [5.41, 5.74) is 7.35. The first-order valence-corrected chi connectivity index (χ1v) is 9.81. The van der Waals surface area contributed by atoms with Gasteiger partial charge in [0.05, 0.1) is 23.4 Å². The van der Waals surface area contributed by atoms with Crippen LogP contribution in [0.5, 0.6) is 0 Å². The maximum atomic E-state index is 14.8. The van der Waals surface area contributed by atoms with E-state index in [1.807, 2.05) is 0 Å². The first-order valence-electron chi connectivity index (χ1n) is 9.81. The van der Waals surface area contributed by atoms with Gasteiger partial charge < -0.3 is 10.2 Å². The van der Waals surface area contributed by atoms with Crippen molar-refractivity contribution in [3.63, 3.8) is 0 Å². The molecule has 32 heavy (non-hydrogen) atoms. The van der Waals surface area contributed by atoms with Crippen LogP contribution < -0.4 is 5.73 Å².